The molecule has 0 spiro atoms. The number of hydrogen-bond donors (Lipinski definition) is 1. The zero-order chi connectivity index (χ0) is 16.2. The van der Waals surface area contributed by atoms with Crippen LogP contribution < -0.4 is 5.56 Å². The van der Waals surface area contributed by atoms with Gasteiger partial charge in [-0.2, -0.15) is 0 Å². The molecule has 23 heavy (non-hydrogen) atoms. The van der Waals surface area contributed by atoms with Gasteiger partial charge in [-0.25, -0.2) is 4.98 Å². The monoisotopic (exact) mass is 333 g/mol. The fourth-order valence-corrected chi connectivity index (χ4v) is 2.78. The summed E-state index contributed by atoms with van der Waals surface area (Å²) >= 11 is 6.03. The summed E-state index contributed by atoms with van der Waals surface area (Å²) in [6.07, 6.45) is 4.60. The maximum atomic E-state index is 12.6. The average Bonchev–Trinajstić information content (AvgIpc) is 2.91. The minimum atomic E-state index is -0.0594. The number of nitrogens with zero attached hydrogens (tertiary/aromatic N) is 2. The molecule has 0 unspecified atom stereocenters. The first-order chi connectivity index (χ1) is 11.2. The van der Waals surface area contributed by atoms with Crippen LogP contribution in [0.3, 0.4) is 0 Å². The van der Waals surface area contributed by atoms with Crippen molar-refractivity contribution in [3.05, 3.63) is 39.9 Å². The third-order valence-electron chi connectivity index (χ3n) is 3.86. The van der Waals surface area contributed by atoms with E-state index in [-0.39, 0.29) is 5.56 Å². The number of nitrogens with one attached hydrogen (secondary N) is 1. The van der Waals surface area contributed by atoms with Gasteiger partial charge in [0.05, 0.1) is 6.33 Å². The number of fused-ring (bicyclic) bond motifs is 3. The number of hydrogen-bond acceptors (Lipinski definition) is 3. The fraction of sp³-hybridized carbons (Fsp3) is 0.412. The molecule has 0 fully saturated rings. The van der Waals surface area contributed by atoms with E-state index in [4.69, 9.17) is 16.3 Å². The summed E-state index contributed by atoms with van der Waals surface area (Å²) in [6.45, 7) is 4.18. The maximum absolute atomic E-state index is 12.6. The van der Waals surface area contributed by atoms with Gasteiger partial charge in [-0.15, -0.1) is 0 Å². The molecule has 0 saturated carbocycles. The smallest absolute Gasteiger partial charge is 0.277 e. The molecule has 122 valence electrons. The van der Waals surface area contributed by atoms with Gasteiger partial charge in [-0.1, -0.05) is 24.9 Å². The predicted molar refractivity (Wildman–Crippen MR) is 93.2 cm³/mol. The normalized spacial score (nSPS) is 11.6. The molecule has 0 bridgehead atoms. The molecular weight excluding hydrogens is 314 g/mol. The molecule has 0 saturated heterocycles. The van der Waals surface area contributed by atoms with E-state index < -0.39 is 0 Å². The summed E-state index contributed by atoms with van der Waals surface area (Å²) in [4.78, 5) is 20.1. The number of halogens is 1. The van der Waals surface area contributed by atoms with Crippen LogP contribution >= 0.6 is 11.6 Å². The first kappa shape index (κ1) is 16.0. The third kappa shape index (κ3) is 3.41. The lowest BCUT2D eigenvalue weighted by atomic mass is 10.2. The van der Waals surface area contributed by atoms with Crippen molar-refractivity contribution in [3.8, 4) is 0 Å². The van der Waals surface area contributed by atoms with Crippen LogP contribution in [0, 0.1) is 0 Å². The van der Waals surface area contributed by atoms with Gasteiger partial charge in [0.1, 0.15) is 11.0 Å². The minimum absolute atomic E-state index is 0.0594. The number of aromatic amines is 1. The molecule has 6 heteroatoms. The first-order valence-electron chi connectivity index (χ1n) is 7.95. The maximum Gasteiger partial charge on any atom is 0.277 e. The first-order valence-corrected chi connectivity index (χ1v) is 8.32. The number of aryl methyl sites for hydroxylation is 1. The third-order valence-corrected chi connectivity index (χ3v) is 4.10. The van der Waals surface area contributed by atoms with Crippen molar-refractivity contribution in [2.45, 2.75) is 32.7 Å². The number of rotatable bonds is 7. The van der Waals surface area contributed by atoms with Gasteiger partial charge in [0, 0.05) is 35.7 Å². The van der Waals surface area contributed by atoms with Crippen LogP contribution in [-0.4, -0.2) is 27.7 Å². The second-order valence-corrected chi connectivity index (χ2v) is 6.04. The number of aromatic nitrogens is 3. The zero-order valence-corrected chi connectivity index (χ0v) is 13.9. The van der Waals surface area contributed by atoms with E-state index >= 15 is 0 Å². The largest absolute Gasteiger partial charge is 0.381 e. The molecule has 0 amide bonds. The summed E-state index contributed by atoms with van der Waals surface area (Å²) in [7, 11) is 0. The highest BCUT2D eigenvalue weighted by Gasteiger charge is 2.11. The molecule has 2 aromatic heterocycles. The van der Waals surface area contributed by atoms with Gasteiger partial charge in [-0.3, -0.25) is 9.36 Å². The van der Waals surface area contributed by atoms with Crippen molar-refractivity contribution >= 4 is 33.5 Å². The summed E-state index contributed by atoms with van der Waals surface area (Å²) in [5.41, 5.74) is 2.00. The minimum Gasteiger partial charge on any atom is -0.381 e. The van der Waals surface area contributed by atoms with Crippen molar-refractivity contribution in [2.75, 3.05) is 13.2 Å². The summed E-state index contributed by atoms with van der Waals surface area (Å²) in [5.74, 6) is 0. The van der Waals surface area contributed by atoms with E-state index in [9.17, 15) is 4.79 Å². The van der Waals surface area contributed by atoms with Crippen LogP contribution in [0.2, 0.25) is 5.02 Å². The zero-order valence-electron chi connectivity index (χ0n) is 13.1. The van der Waals surface area contributed by atoms with E-state index in [0.29, 0.717) is 29.2 Å². The Morgan fingerprint density at radius 1 is 1.30 bits per heavy atom. The Bertz CT molecular complexity index is 869. The second kappa shape index (κ2) is 7.15. The lowest BCUT2D eigenvalue weighted by molar-refractivity contribution is 0.125. The highest BCUT2D eigenvalue weighted by Crippen LogP contribution is 2.24. The topological polar surface area (TPSA) is 59.9 Å². The Morgan fingerprint density at radius 2 is 2.13 bits per heavy atom. The van der Waals surface area contributed by atoms with Crippen LogP contribution in [0.25, 0.3) is 21.9 Å². The van der Waals surface area contributed by atoms with Crippen molar-refractivity contribution in [3.63, 3.8) is 0 Å². The average molecular weight is 334 g/mol. The van der Waals surface area contributed by atoms with E-state index in [1.165, 1.54) is 0 Å². The van der Waals surface area contributed by atoms with E-state index in [2.05, 4.69) is 16.9 Å². The lowest BCUT2D eigenvalue weighted by Crippen LogP contribution is -2.21. The standard InChI is InChI=1S/C17H20ClN3O2/c1-2-3-8-23-9-4-7-21-11-19-15-13-10-12(18)5-6-14(13)20-16(15)17(21)22/h5-6,10-11,20H,2-4,7-9H2,1H3. The second-order valence-electron chi connectivity index (χ2n) is 5.60. The SMILES string of the molecule is CCCCOCCCn1cnc2c([nH]c3ccc(Cl)cc32)c1=O. The number of unbranched alkanes of at least 4 members (excludes halogenated alkanes) is 1. The van der Waals surface area contributed by atoms with Crippen molar-refractivity contribution in [2.24, 2.45) is 0 Å². The molecule has 1 aromatic carbocycles. The molecule has 0 atom stereocenters. The number of benzene rings is 1. The molecule has 3 aromatic rings. The number of ether oxygens (including phenoxy) is 1. The van der Waals surface area contributed by atoms with E-state index in [0.717, 1.165) is 36.8 Å². The van der Waals surface area contributed by atoms with E-state index in [1.807, 2.05) is 12.1 Å². The Hall–Kier alpha value is -1.85. The Kier molecular flexibility index (Phi) is 4.98. The Balaban J connectivity index is 1.79. The molecule has 0 aliphatic carbocycles. The molecular formula is C17H20ClN3O2. The van der Waals surface area contributed by atoms with Gasteiger partial charge in [0.25, 0.3) is 5.56 Å². The van der Waals surface area contributed by atoms with Gasteiger partial charge >= 0.3 is 0 Å². The number of H-pyrrole nitrogens is 1. The van der Waals surface area contributed by atoms with Crippen LogP contribution in [0.5, 0.6) is 0 Å². The van der Waals surface area contributed by atoms with Gasteiger partial charge in [-0.05, 0) is 31.0 Å². The predicted octanol–water partition coefficient (Wildman–Crippen LogP) is 3.74. The van der Waals surface area contributed by atoms with Gasteiger partial charge in [0.15, 0.2) is 0 Å². The Labute approximate surface area is 139 Å². The van der Waals surface area contributed by atoms with Crippen LogP contribution in [-0.2, 0) is 11.3 Å². The highest BCUT2D eigenvalue weighted by molar-refractivity contribution is 6.31. The van der Waals surface area contributed by atoms with Crippen LogP contribution in [0.1, 0.15) is 26.2 Å². The molecule has 0 aliphatic heterocycles. The molecule has 5 nitrogen and oxygen atoms in total. The summed E-state index contributed by atoms with van der Waals surface area (Å²) in [5, 5.41) is 1.51. The van der Waals surface area contributed by atoms with E-state index in [1.54, 1.807) is 17.0 Å². The van der Waals surface area contributed by atoms with Crippen LogP contribution in [0.15, 0.2) is 29.3 Å². The fourth-order valence-electron chi connectivity index (χ4n) is 2.61. The Morgan fingerprint density at radius 3 is 2.96 bits per heavy atom. The molecule has 1 N–H and O–H groups in total. The molecule has 0 radical (unpaired) electrons. The van der Waals surface area contributed by atoms with Gasteiger partial charge < -0.3 is 9.72 Å². The van der Waals surface area contributed by atoms with Crippen molar-refractivity contribution in [1.29, 1.82) is 0 Å². The molecule has 3 rings (SSSR count). The molecule has 0 aliphatic rings. The van der Waals surface area contributed by atoms with Crippen LogP contribution in [0.4, 0.5) is 0 Å². The molecule has 2 heterocycles. The highest BCUT2D eigenvalue weighted by atomic mass is 35.5. The summed E-state index contributed by atoms with van der Waals surface area (Å²) in [6, 6.07) is 5.49. The van der Waals surface area contributed by atoms with Crippen molar-refractivity contribution in [1.82, 2.24) is 14.5 Å². The van der Waals surface area contributed by atoms with Crippen molar-refractivity contribution < 1.29 is 4.74 Å². The summed E-state index contributed by atoms with van der Waals surface area (Å²) < 4.78 is 7.15. The lowest BCUT2D eigenvalue weighted by Gasteiger charge is -2.06. The quantitative estimate of drug-likeness (QED) is 0.670. The van der Waals surface area contributed by atoms with Gasteiger partial charge in [0.2, 0.25) is 0 Å².